The van der Waals surface area contributed by atoms with Gasteiger partial charge in [0, 0.05) is 45.5 Å². The topological polar surface area (TPSA) is 142 Å². The Bertz CT molecular complexity index is 2360. The van der Waals surface area contributed by atoms with Gasteiger partial charge in [-0.15, -0.1) is 0 Å². The molecule has 0 spiro atoms. The fourth-order valence-corrected chi connectivity index (χ4v) is 5.75. The highest BCUT2D eigenvalue weighted by atomic mass is 19.1. The molecule has 6 aromatic rings. The van der Waals surface area contributed by atoms with Gasteiger partial charge in [0.15, 0.2) is 5.69 Å². The van der Waals surface area contributed by atoms with E-state index in [-0.39, 0.29) is 50.1 Å². The molecule has 0 aromatic heterocycles. The van der Waals surface area contributed by atoms with Crippen molar-refractivity contribution in [1.29, 1.82) is 5.26 Å². The van der Waals surface area contributed by atoms with Gasteiger partial charge in [0.2, 0.25) is 0 Å². The molecule has 4 N–H and O–H groups in total. The highest BCUT2D eigenvalue weighted by Crippen LogP contribution is 2.23. The second kappa shape index (κ2) is 22.6. The Hall–Kier alpha value is -7.70. The van der Waals surface area contributed by atoms with Gasteiger partial charge in [-0.2, -0.15) is 5.26 Å². The summed E-state index contributed by atoms with van der Waals surface area (Å²) >= 11 is 0. The van der Waals surface area contributed by atoms with Crippen LogP contribution in [0.25, 0.3) is 4.85 Å². The molecule has 0 amide bonds. The minimum atomic E-state index is -0.371. The van der Waals surface area contributed by atoms with Gasteiger partial charge in [-0.05, 0) is 113 Å². The summed E-state index contributed by atoms with van der Waals surface area (Å²) in [6.45, 7) is 15.1. The first-order valence-corrected chi connectivity index (χ1v) is 19.8. The van der Waals surface area contributed by atoms with Crippen LogP contribution in [0, 0.1) is 29.5 Å². The minimum absolute atomic E-state index is 0.0747. The lowest BCUT2D eigenvalue weighted by Crippen LogP contribution is -2.15. The average Bonchev–Trinajstić information content (AvgIpc) is 3.28. The third-order valence-corrected chi connectivity index (χ3v) is 8.94. The first kappa shape index (κ1) is 45.4. The van der Waals surface area contributed by atoms with Crippen molar-refractivity contribution in [2.24, 2.45) is 21.5 Å². The largest absolute Gasteiger partial charge is 0.489 e. The Morgan fingerprint density at radius 3 is 1.15 bits per heavy atom. The number of amidine groups is 2. The van der Waals surface area contributed by atoms with Crippen LogP contribution < -0.4 is 30.4 Å². The minimum Gasteiger partial charge on any atom is -0.489 e. The molecule has 0 saturated carbocycles. The van der Waals surface area contributed by atoms with E-state index in [0.717, 1.165) is 11.1 Å². The highest BCUT2D eigenvalue weighted by Gasteiger charge is 2.12. The molecule has 10 nitrogen and oxygen atoms in total. The molecule has 62 heavy (non-hydrogen) atoms. The second-order valence-electron chi connectivity index (χ2n) is 14.4. The molecular weight excluding hydrogens is 787 g/mol. The van der Waals surface area contributed by atoms with Gasteiger partial charge in [-0.3, -0.25) is 9.98 Å². The number of aliphatic imine (C=N–C) groups is 2. The Morgan fingerprint density at radius 2 is 0.855 bits per heavy atom. The van der Waals surface area contributed by atoms with Crippen LogP contribution in [0.2, 0.25) is 0 Å². The van der Waals surface area contributed by atoms with E-state index in [1.54, 1.807) is 109 Å². The van der Waals surface area contributed by atoms with Gasteiger partial charge < -0.3 is 30.4 Å². The third-order valence-electron chi connectivity index (χ3n) is 8.94. The van der Waals surface area contributed by atoms with E-state index in [1.165, 1.54) is 0 Å². The van der Waals surface area contributed by atoms with E-state index in [9.17, 15) is 4.39 Å². The highest BCUT2D eigenvalue weighted by molar-refractivity contribution is 5.98. The molecule has 0 heterocycles. The summed E-state index contributed by atoms with van der Waals surface area (Å²) in [6, 6.07) is 40.4. The molecule has 0 aliphatic carbocycles. The van der Waals surface area contributed by atoms with Crippen molar-refractivity contribution in [3.63, 3.8) is 0 Å². The van der Waals surface area contributed by atoms with E-state index in [4.69, 9.17) is 42.2 Å². The van der Waals surface area contributed by atoms with E-state index < -0.39 is 0 Å². The molecule has 316 valence electrons. The Labute approximate surface area is 361 Å². The summed E-state index contributed by atoms with van der Waals surface area (Å²) in [4.78, 5) is 12.0. The predicted octanol–water partition coefficient (Wildman–Crippen LogP) is 10.6. The number of hydrogen-bond donors (Lipinski definition) is 2. The number of nitrogens with two attached hydrogens (primary N) is 2. The maximum atomic E-state index is 15.0. The summed E-state index contributed by atoms with van der Waals surface area (Å²) in [7, 11) is 0. The quantitative estimate of drug-likeness (QED) is 0.0561. The molecule has 0 unspecified atom stereocenters. The van der Waals surface area contributed by atoms with E-state index >= 15 is 4.39 Å². The van der Waals surface area contributed by atoms with Gasteiger partial charge in [-0.1, -0.05) is 48.5 Å². The molecule has 0 atom stereocenters. The van der Waals surface area contributed by atoms with Crippen molar-refractivity contribution < 1.29 is 27.7 Å². The predicted molar refractivity (Wildman–Crippen MR) is 239 cm³/mol. The zero-order valence-corrected chi connectivity index (χ0v) is 35.0. The summed E-state index contributed by atoms with van der Waals surface area (Å²) < 4.78 is 52.5. The summed E-state index contributed by atoms with van der Waals surface area (Å²) in [5, 5.41) is 8.80. The first-order valence-electron chi connectivity index (χ1n) is 19.8. The number of nitrogens with zero attached hydrogens (tertiary/aromatic N) is 4. The van der Waals surface area contributed by atoms with E-state index in [1.807, 2.05) is 58.0 Å². The van der Waals surface area contributed by atoms with Crippen molar-refractivity contribution in [3.05, 3.63) is 195 Å². The molecule has 0 radical (unpaired) electrons. The standard InChI is InChI=1S/C28H33FN4O2.C22H15FN2O2/c1-18(2)32-27(30)20-8-12-24(13-9-20)34-16-22-6-5-7-23(26(22)29)17-35-25-14-10-21(11-15-25)28(31)33-19(3)4;1-25-19-7-11-21(12-8-19)27-15-18-4-2-3-17(22(18)23)14-26-20-9-5-16(13-24)6-10-20/h5-15,18-19H,16-17H2,1-4H3,(H2,30,32)(H2,31,33);2-12H,14-15H2. The Balaban J connectivity index is 0.000000242. The van der Waals surface area contributed by atoms with Gasteiger partial charge in [-0.25, -0.2) is 13.6 Å². The van der Waals surface area contributed by atoms with E-state index in [0.29, 0.717) is 68.2 Å². The molecule has 0 saturated heterocycles. The lowest BCUT2D eigenvalue weighted by Gasteiger charge is -2.12. The monoisotopic (exact) mass is 834 g/mol. The molecule has 0 aliphatic heterocycles. The summed E-state index contributed by atoms with van der Waals surface area (Å²) in [6.07, 6.45) is 0. The number of ether oxygens (including phenoxy) is 4. The number of benzene rings is 6. The molecule has 6 aromatic carbocycles. The molecule has 12 heteroatoms. The summed E-state index contributed by atoms with van der Waals surface area (Å²) in [5.41, 5.74) is 16.4. The maximum Gasteiger partial charge on any atom is 0.187 e. The maximum absolute atomic E-state index is 15.0. The van der Waals surface area contributed by atoms with E-state index in [2.05, 4.69) is 14.8 Å². The zero-order chi connectivity index (χ0) is 44.4. The molecular formula is C50H48F2N6O4. The van der Waals surface area contributed by atoms with Crippen molar-refractivity contribution >= 4 is 17.4 Å². The van der Waals surface area contributed by atoms with Crippen LogP contribution >= 0.6 is 0 Å². The molecule has 0 bridgehead atoms. The summed E-state index contributed by atoms with van der Waals surface area (Å²) in [5.74, 6) is 2.61. The number of nitriles is 1. The van der Waals surface area contributed by atoms with Crippen molar-refractivity contribution in [2.75, 3.05) is 0 Å². The molecule has 0 fully saturated rings. The van der Waals surface area contributed by atoms with Crippen LogP contribution in [-0.4, -0.2) is 23.8 Å². The van der Waals surface area contributed by atoms with Crippen LogP contribution in [0.5, 0.6) is 23.0 Å². The Kier molecular flexibility index (Phi) is 16.6. The van der Waals surface area contributed by atoms with Crippen molar-refractivity contribution in [3.8, 4) is 29.1 Å². The SMILES string of the molecule is CC(C)N=C(N)c1ccc(OCc2cccc(COc3ccc(C(N)=NC(C)C)cc3)c2F)cc1.[C-]#[N+]c1ccc(OCc2cccc(COc3ccc(C#N)cc3)c2F)cc1. The number of rotatable bonds is 16. The lowest BCUT2D eigenvalue weighted by molar-refractivity contribution is 0.287. The van der Waals surface area contributed by atoms with Crippen LogP contribution in [0.4, 0.5) is 14.5 Å². The fourth-order valence-electron chi connectivity index (χ4n) is 5.75. The zero-order valence-electron chi connectivity index (χ0n) is 35.0. The van der Waals surface area contributed by atoms with Gasteiger partial charge in [0.05, 0.1) is 18.2 Å². The van der Waals surface area contributed by atoms with Crippen LogP contribution in [0.15, 0.2) is 143 Å². The number of halogens is 2. The number of hydrogen-bond acceptors (Lipinski definition) is 7. The van der Waals surface area contributed by atoms with Gasteiger partial charge >= 0.3 is 0 Å². The van der Waals surface area contributed by atoms with Gasteiger partial charge in [0.25, 0.3) is 0 Å². The van der Waals surface area contributed by atoms with Crippen LogP contribution in [0.3, 0.4) is 0 Å². The molecule has 0 aliphatic rings. The first-order chi connectivity index (χ1) is 29.9. The fraction of sp³-hybridized carbons (Fsp3) is 0.200. The average molecular weight is 835 g/mol. The third kappa shape index (κ3) is 13.7. The van der Waals surface area contributed by atoms with Gasteiger partial charge in [0.1, 0.15) is 72.7 Å². The van der Waals surface area contributed by atoms with Crippen molar-refractivity contribution in [2.45, 2.75) is 66.2 Å². The molecule has 6 rings (SSSR count). The lowest BCUT2D eigenvalue weighted by atomic mass is 10.1. The van der Waals surface area contributed by atoms with Crippen LogP contribution in [-0.2, 0) is 26.4 Å². The second-order valence-corrected chi connectivity index (χ2v) is 14.4. The normalized spacial score (nSPS) is 11.3. The smallest absolute Gasteiger partial charge is 0.187 e. The Morgan fingerprint density at radius 1 is 0.548 bits per heavy atom. The van der Waals surface area contributed by atoms with Crippen LogP contribution in [0.1, 0.15) is 66.6 Å². The van der Waals surface area contributed by atoms with Crippen molar-refractivity contribution in [1.82, 2.24) is 0 Å².